The normalized spacial score (nSPS) is 10.4. The molecular weight excluding hydrogens is 220 g/mol. The highest BCUT2D eigenvalue weighted by Crippen LogP contribution is 2.25. The zero-order valence-corrected chi connectivity index (χ0v) is 10.4. The standard InChI is InChI=1S/C12H18N2O3/c1-14(2)7-8-17-10-6-4-5-9(11(10)13)12(15)16-3/h4-6H,7-8,13H2,1-3H3. The Labute approximate surface area is 101 Å². The second-order valence-electron chi connectivity index (χ2n) is 3.86. The number of carbonyl (C=O) groups excluding carboxylic acids is 1. The average Bonchev–Trinajstić information content (AvgIpc) is 2.30. The first kappa shape index (κ1) is 13.3. The van der Waals surface area contributed by atoms with Crippen LogP contribution in [0.3, 0.4) is 0 Å². The van der Waals surface area contributed by atoms with Crippen molar-refractivity contribution in [1.29, 1.82) is 0 Å². The van der Waals surface area contributed by atoms with Crippen molar-refractivity contribution in [3.8, 4) is 5.75 Å². The van der Waals surface area contributed by atoms with Gasteiger partial charge in [-0.05, 0) is 26.2 Å². The fourth-order valence-corrected chi connectivity index (χ4v) is 1.30. The number of nitrogen functional groups attached to an aromatic ring is 1. The van der Waals surface area contributed by atoms with Gasteiger partial charge in [0.15, 0.2) is 0 Å². The van der Waals surface area contributed by atoms with Crippen molar-refractivity contribution >= 4 is 11.7 Å². The van der Waals surface area contributed by atoms with Gasteiger partial charge in [-0.25, -0.2) is 4.79 Å². The van der Waals surface area contributed by atoms with Gasteiger partial charge in [0.2, 0.25) is 0 Å². The number of likely N-dealkylation sites (N-methyl/N-ethyl adjacent to an activating group) is 1. The maximum absolute atomic E-state index is 11.4. The molecule has 0 atom stereocenters. The van der Waals surface area contributed by atoms with Gasteiger partial charge in [0, 0.05) is 6.54 Å². The molecule has 0 radical (unpaired) electrons. The SMILES string of the molecule is COC(=O)c1cccc(OCCN(C)C)c1N. The van der Waals surface area contributed by atoms with Crippen LogP contribution in [-0.4, -0.2) is 45.2 Å². The predicted molar refractivity (Wildman–Crippen MR) is 66.2 cm³/mol. The van der Waals surface area contributed by atoms with E-state index in [9.17, 15) is 4.79 Å². The van der Waals surface area contributed by atoms with Crippen LogP contribution in [-0.2, 0) is 4.74 Å². The molecule has 0 saturated heterocycles. The molecule has 17 heavy (non-hydrogen) atoms. The lowest BCUT2D eigenvalue weighted by Crippen LogP contribution is -2.20. The van der Waals surface area contributed by atoms with Crippen molar-refractivity contribution in [3.05, 3.63) is 23.8 Å². The largest absolute Gasteiger partial charge is 0.490 e. The Kier molecular flexibility index (Phi) is 4.78. The number of methoxy groups -OCH3 is 1. The second-order valence-corrected chi connectivity index (χ2v) is 3.86. The first-order valence-corrected chi connectivity index (χ1v) is 5.30. The molecule has 1 aromatic rings. The summed E-state index contributed by atoms with van der Waals surface area (Å²) < 4.78 is 10.1. The highest BCUT2D eigenvalue weighted by molar-refractivity contribution is 5.96. The highest BCUT2D eigenvalue weighted by Gasteiger charge is 2.13. The van der Waals surface area contributed by atoms with Gasteiger partial charge < -0.3 is 20.1 Å². The van der Waals surface area contributed by atoms with E-state index >= 15 is 0 Å². The fourth-order valence-electron chi connectivity index (χ4n) is 1.30. The van der Waals surface area contributed by atoms with E-state index in [-0.39, 0.29) is 0 Å². The zero-order chi connectivity index (χ0) is 12.8. The molecule has 2 N–H and O–H groups in total. The number of esters is 1. The van der Waals surface area contributed by atoms with Crippen LogP contribution in [0.1, 0.15) is 10.4 Å². The minimum absolute atomic E-state index is 0.318. The summed E-state index contributed by atoms with van der Waals surface area (Å²) in [5.41, 5.74) is 6.48. The van der Waals surface area contributed by atoms with E-state index < -0.39 is 5.97 Å². The van der Waals surface area contributed by atoms with Gasteiger partial charge in [-0.2, -0.15) is 0 Å². The van der Waals surface area contributed by atoms with Gasteiger partial charge in [-0.1, -0.05) is 6.07 Å². The Bertz CT molecular complexity index is 391. The quantitative estimate of drug-likeness (QED) is 0.612. The maximum Gasteiger partial charge on any atom is 0.340 e. The third-order valence-electron chi connectivity index (χ3n) is 2.27. The number of rotatable bonds is 5. The third-order valence-corrected chi connectivity index (χ3v) is 2.27. The smallest absolute Gasteiger partial charge is 0.340 e. The molecule has 1 aromatic carbocycles. The molecule has 94 valence electrons. The van der Waals surface area contributed by atoms with Crippen LogP contribution in [0.4, 0.5) is 5.69 Å². The molecule has 0 amide bonds. The van der Waals surface area contributed by atoms with E-state index in [1.165, 1.54) is 7.11 Å². The summed E-state index contributed by atoms with van der Waals surface area (Å²) in [6.45, 7) is 1.30. The van der Waals surface area contributed by atoms with Gasteiger partial charge in [0.1, 0.15) is 12.4 Å². The van der Waals surface area contributed by atoms with E-state index in [1.54, 1.807) is 18.2 Å². The summed E-state index contributed by atoms with van der Waals surface area (Å²) in [7, 11) is 5.23. The first-order valence-electron chi connectivity index (χ1n) is 5.30. The van der Waals surface area contributed by atoms with E-state index in [0.717, 1.165) is 6.54 Å². The minimum atomic E-state index is -0.458. The average molecular weight is 238 g/mol. The molecule has 5 nitrogen and oxygen atoms in total. The maximum atomic E-state index is 11.4. The number of ether oxygens (including phenoxy) is 2. The molecule has 5 heteroatoms. The van der Waals surface area contributed by atoms with E-state index in [2.05, 4.69) is 4.74 Å². The van der Waals surface area contributed by atoms with Gasteiger partial charge in [-0.15, -0.1) is 0 Å². The number of benzene rings is 1. The Morgan fingerprint density at radius 1 is 1.41 bits per heavy atom. The van der Waals surface area contributed by atoms with Gasteiger partial charge in [0.05, 0.1) is 18.4 Å². The number of anilines is 1. The molecule has 0 aromatic heterocycles. The Balaban J connectivity index is 2.76. The number of nitrogens with zero attached hydrogens (tertiary/aromatic N) is 1. The van der Waals surface area contributed by atoms with Crippen LogP contribution in [0, 0.1) is 0 Å². The van der Waals surface area contributed by atoms with E-state index in [0.29, 0.717) is 23.6 Å². The minimum Gasteiger partial charge on any atom is -0.490 e. The van der Waals surface area contributed by atoms with Crippen molar-refractivity contribution in [2.75, 3.05) is 40.1 Å². The van der Waals surface area contributed by atoms with E-state index in [1.807, 2.05) is 19.0 Å². The molecule has 1 rings (SSSR count). The van der Waals surface area contributed by atoms with Crippen LogP contribution >= 0.6 is 0 Å². The summed E-state index contributed by atoms with van der Waals surface area (Å²) in [6, 6.07) is 5.06. The molecule has 0 fully saturated rings. The number of carbonyl (C=O) groups is 1. The fraction of sp³-hybridized carbons (Fsp3) is 0.417. The lowest BCUT2D eigenvalue weighted by Gasteiger charge is -2.13. The number of para-hydroxylation sites is 1. The molecule has 0 unspecified atom stereocenters. The summed E-state index contributed by atoms with van der Waals surface area (Å²) in [5, 5.41) is 0. The summed E-state index contributed by atoms with van der Waals surface area (Å²) >= 11 is 0. The van der Waals surface area contributed by atoms with Crippen molar-refractivity contribution in [2.45, 2.75) is 0 Å². The monoisotopic (exact) mass is 238 g/mol. The van der Waals surface area contributed by atoms with Crippen LogP contribution in [0.25, 0.3) is 0 Å². The summed E-state index contributed by atoms with van der Waals surface area (Å²) in [5.74, 6) is 0.0512. The molecule has 0 aliphatic carbocycles. The van der Waals surface area contributed by atoms with Crippen molar-refractivity contribution in [2.24, 2.45) is 0 Å². The summed E-state index contributed by atoms with van der Waals surface area (Å²) in [6.07, 6.45) is 0. The number of hydrogen-bond acceptors (Lipinski definition) is 5. The first-order chi connectivity index (χ1) is 8.06. The number of nitrogens with two attached hydrogens (primary N) is 1. The van der Waals surface area contributed by atoms with Gasteiger partial charge in [-0.3, -0.25) is 0 Å². The molecule has 0 bridgehead atoms. The van der Waals surface area contributed by atoms with Crippen molar-refractivity contribution < 1.29 is 14.3 Å². The highest BCUT2D eigenvalue weighted by atomic mass is 16.5. The molecule has 0 heterocycles. The van der Waals surface area contributed by atoms with Crippen LogP contribution in [0.15, 0.2) is 18.2 Å². The van der Waals surface area contributed by atoms with Crippen LogP contribution in [0.5, 0.6) is 5.75 Å². The lowest BCUT2D eigenvalue weighted by atomic mass is 10.1. The summed E-state index contributed by atoms with van der Waals surface area (Å²) in [4.78, 5) is 13.4. The zero-order valence-electron chi connectivity index (χ0n) is 10.4. The lowest BCUT2D eigenvalue weighted by molar-refractivity contribution is 0.0601. The molecular formula is C12H18N2O3. The molecule has 0 spiro atoms. The second kappa shape index (κ2) is 6.10. The van der Waals surface area contributed by atoms with Crippen molar-refractivity contribution in [1.82, 2.24) is 4.90 Å². The van der Waals surface area contributed by atoms with Gasteiger partial charge in [0.25, 0.3) is 0 Å². The van der Waals surface area contributed by atoms with Crippen LogP contribution < -0.4 is 10.5 Å². The Morgan fingerprint density at radius 3 is 2.71 bits per heavy atom. The molecule has 0 aliphatic heterocycles. The predicted octanol–water partition coefficient (Wildman–Crippen LogP) is 0.996. The molecule has 0 aliphatic rings. The molecule has 0 saturated carbocycles. The third kappa shape index (κ3) is 3.64. The van der Waals surface area contributed by atoms with Gasteiger partial charge >= 0.3 is 5.97 Å². The Morgan fingerprint density at radius 2 is 2.12 bits per heavy atom. The van der Waals surface area contributed by atoms with Crippen molar-refractivity contribution in [3.63, 3.8) is 0 Å². The topological polar surface area (TPSA) is 64.8 Å². The number of hydrogen-bond donors (Lipinski definition) is 1. The van der Waals surface area contributed by atoms with E-state index in [4.69, 9.17) is 10.5 Å². The van der Waals surface area contributed by atoms with Crippen LogP contribution in [0.2, 0.25) is 0 Å². The Hall–Kier alpha value is -1.75.